The molecule has 0 amide bonds. The summed E-state index contributed by atoms with van der Waals surface area (Å²) in [4.78, 5) is 28.1. The van der Waals surface area contributed by atoms with Gasteiger partial charge in [-0.25, -0.2) is 4.79 Å². The Bertz CT molecular complexity index is 1010. The zero-order chi connectivity index (χ0) is 24.0. The van der Waals surface area contributed by atoms with Gasteiger partial charge in [-0.1, -0.05) is 60.1 Å². The number of allylic oxidation sites excluding steroid dienone is 1. The number of nitrogens with one attached hydrogen (secondary N) is 1. The van der Waals surface area contributed by atoms with Crippen molar-refractivity contribution in [3.05, 3.63) is 82.0 Å². The Balaban J connectivity index is 1.79. The van der Waals surface area contributed by atoms with Crippen LogP contribution in [0.1, 0.15) is 30.9 Å². The second kappa shape index (κ2) is 11.3. The summed E-state index contributed by atoms with van der Waals surface area (Å²) in [5.74, 6) is -2.06. The molecule has 2 aromatic carbocycles. The first-order chi connectivity index (χ1) is 15.8. The molecule has 3 unspecified atom stereocenters. The van der Waals surface area contributed by atoms with Crippen LogP contribution in [-0.2, 0) is 25.6 Å². The molecule has 6 nitrogen and oxygen atoms in total. The molecule has 1 aliphatic rings. The average Bonchev–Trinajstić information content (AvgIpc) is 2.79. The standard InChI is InChI=1S/C26H31ClN2O4/c1-17-22(25(30)32-4)24(20-12-8-9-13-21(20)27)23(18(2)28-17)26(31)33-15-14-29(3)16-19-10-6-5-7-11-19/h5-13,17,22,24,28H,14-16H2,1-4H3. The van der Waals surface area contributed by atoms with E-state index in [0.29, 0.717) is 28.4 Å². The fourth-order valence-electron chi connectivity index (χ4n) is 4.39. The molecule has 1 N–H and O–H groups in total. The van der Waals surface area contributed by atoms with Crippen LogP contribution in [0.2, 0.25) is 5.02 Å². The number of benzene rings is 2. The molecule has 0 bridgehead atoms. The van der Waals surface area contributed by atoms with Crippen LogP contribution < -0.4 is 5.32 Å². The van der Waals surface area contributed by atoms with E-state index in [0.717, 1.165) is 6.54 Å². The van der Waals surface area contributed by atoms with Crippen LogP contribution in [-0.4, -0.2) is 50.2 Å². The molecular weight excluding hydrogens is 440 g/mol. The molecule has 2 aromatic rings. The lowest BCUT2D eigenvalue weighted by Crippen LogP contribution is -2.47. The Morgan fingerprint density at radius 3 is 2.42 bits per heavy atom. The minimum Gasteiger partial charge on any atom is -0.469 e. The number of hydrogen-bond acceptors (Lipinski definition) is 6. The van der Waals surface area contributed by atoms with Gasteiger partial charge >= 0.3 is 11.9 Å². The van der Waals surface area contributed by atoms with Crippen LogP contribution in [0.15, 0.2) is 65.9 Å². The lowest BCUT2D eigenvalue weighted by Gasteiger charge is -2.38. The molecule has 0 saturated heterocycles. The van der Waals surface area contributed by atoms with Gasteiger partial charge in [0.05, 0.1) is 18.6 Å². The number of carbonyl (C=O) groups is 2. The summed E-state index contributed by atoms with van der Waals surface area (Å²) in [5, 5.41) is 3.74. The maximum atomic E-state index is 13.3. The van der Waals surface area contributed by atoms with Gasteiger partial charge in [0.15, 0.2) is 0 Å². The molecule has 0 saturated carbocycles. The molecular formula is C26H31ClN2O4. The number of likely N-dealkylation sites (N-methyl/N-ethyl adjacent to an activating group) is 1. The Kier molecular flexibility index (Phi) is 8.53. The third-order valence-electron chi connectivity index (χ3n) is 5.99. The fourth-order valence-corrected chi connectivity index (χ4v) is 4.64. The van der Waals surface area contributed by atoms with Crippen molar-refractivity contribution < 1.29 is 19.1 Å². The van der Waals surface area contributed by atoms with Crippen molar-refractivity contribution in [2.75, 3.05) is 27.3 Å². The predicted octanol–water partition coefficient (Wildman–Crippen LogP) is 4.15. The Hall–Kier alpha value is -2.83. The summed E-state index contributed by atoms with van der Waals surface area (Å²) < 4.78 is 10.8. The van der Waals surface area contributed by atoms with Crippen LogP contribution in [0.25, 0.3) is 0 Å². The van der Waals surface area contributed by atoms with E-state index in [-0.39, 0.29) is 12.6 Å². The van der Waals surface area contributed by atoms with Crippen LogP contribution in [0, 0.1) is 5.92 Å². The van der Waals surface area contributed by atoms with Crippen LogP contribution in [0.4, 0.5) is 0 Å². The summed E-state index contributed by atoms with van der Waals surface area (Å²) >= 11 is 6.51. The fraction of sp³-hybridized carbons (Fsp3) is 0.385. The topological polar surface area (TPSA) is 67.9 Å². The summed E-state index contributed by atoms with van der Waals surface area (Å²) in [6, 6.07) is 17.1. The van der Waals surface area contributed by atoms with Gasteiger partial charge in [-0.3, -0.25) is 9.69 Å². The highest BCUT2D eigenvalue weighted by atomic mass is 35.5. The number of hydrogen-bond donors (Lipinski definition) is 1. The van der Waals surface area contributed by atoms with Crippen molar-refractivity contribution in [1.29, 1.82) is 0 Å². The smallest absolute Gasteiger partial charge is 0.336 e. The summed E-state index contributed by atoms with van der Waals surface area (Å²) in [7, 11) is 3.33. The van der Waals surface area contributed by atoms with E-state index in [1.165, 1.54) is 12.7 Å². The van der Waals surface area contributed by atoms with Gasteiger partial charge in [0.1, 0.15) is 6.61 Å². The molecule has 3 rings (SSSR count). The first-order valence-corrected chi connectivity index (χ1v) is 11.4. The molecule has 176 valence electrons. The first-order valence-electron chi connectivity index (χ1n) is 11.0. The molecule has 3 atom stereocenters. The first kappa shape index (κ1) is 24.8. The minimum atomic E-state index is -0.623. The van der Waals surface area contributed by atoms with Crippen molar-refractivity contribution in [2.45, 2.75) is 32.4 Å². The van der Waals surface area contributed by atoms with Crippen molar-refractivity contribution in [3.8, 4) is 0 Å². The quantitative estimate of drug-likeness (QED) is 0.584. The van der Waals surface area contributed by atoms with Crippen LogP contribution in [0.3, 0.4) is 0 Å². The van der Waals surface area contributed by atoms with Crippen LogP contribution in [0.5, 0.6) is 0 Å². The molecule has 1 aliphatic heterocycles. The molecule has 1 heterocycles. The van der Waals surface area contributed by atoms with Crippen molar-refractivity contribution in [3.63, 3.8) is 0 Å². The maximum Gasteiger partial charge on any atom is 0.336 e. The van der Waals surface area contributed by atoms with Gasteiger partial charge in [-0.05, 0) is 38.1 Å². The van der Waals surface area contributed by atoms with E-state index >= 15 is 0 Å². The van der Waals surface area contributed by atoms with E-state index < -0.39 is 23.8 Å². The molecule has 0 spiro atoms. The highest BCUT2D eigenvalue weighted by Crippen LogP contribution is 2.42. The SMILES string of the molecule is COC(=O)C1C(C)NC(C)=C(C(=O)OCCN(C)Cc2ccccc2)C1c1ccccc1Cl. The average molecular weight is 471 g/mol. The predicted molar refractivity (Wildman–Crippen MR) is 129 cm³/mol. The number of methoxy groups -OCH3 is 1. The number of carbonyl (C=O) groups excluding carboxylic acids is 2. The highest BCUT2D eigenvalue weighted by Gasteiger charge is 2.45. The molecule has 0 aliphatic carbocycles. The number of ether oxygens (including phenoxy) is 2. The number of rotatable bonds is 8. The van der Waals surface area contributed by atoms with E-state index in [4.69, 9.17) is 21.1 Å². The Labute approximate surface area is 200 Å². The van der Waals surface area contributed by atoms with Gasteiger partial charge in [0.2, 0.25) is 0 Å². The van der Waals surface area contributed by atoms with E-state index in [1.807, 2.05) is 57.3 Å². The maximum absolute atomic E-state index is 13.3. The zero-order valence-corrected chi connectivity index (χ0v) is 20.3. The lowest BCUT2D eigenvalue weighted by atomic mass is 9.74. The Morgan fingerprint density at radius 2 is 1.76 bits per heavy atom. The lowest BCUT2D eigenvalue weighted by molar-refractivity contribution is -0.147. The molecule has 33 heavy (non-hydrogen) atoms. The highest BCUT2D eigenvalue weighted by molar-refractivity contribution is 6.31. The number of esters is 2. The second-order valence-electron chi connectivity index (χ2n) is 8.38. The number of nitrogens with zero attached hydrogens (tertiary/aromatic N) is 1. The number of halogens is 1. The van der Waals surface area contributed by atoms with E-state index in [2.05, 4.69) is 22.3 Å². The van der Waals surface area contributed by atoms with Gasteiger partial charge < -0.3 is 14.8 Å². The Morgan fingerprint density at radius 1 is 1.09 bits per heavy atom. The monoisotopic (exact) mass is 470 g/mol. The van der Waals surface area contributed by atoms with Gasteiger partial charge in [0.25, 0.3) is 0 Å². The van der Waals surface area contributed by atoms with Gasteiger partial charge in [-0.2, -0.15) is 0 Å². The van der Waals surface area contributed by atoms with Crippen molar-refractivity contribution in [1.82, 2.24) is 10.2 Å². The molecule has 7 heteroatoms. The van der Waals surface area contributed by atoms with Crippen LogP contribution >= 0.6 is 11.6 Å². The normalized spacial score (nSPS) is 20.4. The van der Waals surface area contributed by atoms with Gasteiger partial charge in [0, 0.05) is 35.8 Å². The van der Waals surface area contributed by atoms with E-state index in [9.17, 15) is 9.59 Å². The largest absolute Gasteiger partial charge is 0.469 e. The molecule has 0 aromatic heterocycles. The summed E-state index contributed by atoms with van der Waals surface area (Å²) in [6.07, 6.45) is 0. The molecule has 0 radical (unpaired) electrons. The van der Waals surface area contributed by atoms with Crippen molar-refractivity contribution in [2.24, 2.45) is 5.92 Å². The molecule has 0 fully saturated rings. The third-order valence-corrected chi connectivity index (χ3v) is 6.34. The zero-order valence-electron chi connectivity index (χ0n) is 19.5. The van der Waals surface area contributed by atoms with Crippen molar-refractivity contribution >= 4 is 23.5 Å². The summed E-state index contributed by atoms with van der Waals surface area (Å²) in [5.41, 5.74) is 2.97. The minimum absolute atomic E-state index is 0.229. The van der Waals surface area contributed by atoms with E-state index in [1.54, 1.807) is 6.07 Å². The second-order valence-corrected chi connectivity index (χ2v) is 8.79. The van der Waals surface area contributed by atoms with Gasteiger partial charge in [-0.15, -0.1) is 0 Å². The summed E-state index contributed by atoms with van der Waals surface area (Å²) in [6.45, 7) is 5.29. The third kappa shape index (κ3) is 5.95.